The molecule has 1 heterocycles. The number of hydrogen-bond donors (Lipinski definition) is 1. The van der Waals surface area contributed by atoms with Gasteiger partial charge < -0.3 is 5.32 Å². The summed E-state index contributed by atoms with van der Waals surface area (Å²) in [6.07, 6.45) is 7.17. The van der Waals surface area contributed by atoms with Crippen molar-refractivity contribution in [3.05, 3.63) is 42.0 Å². The summed E-state index contributed by atoms with van der Waals surface area (Å²) in [6, 6.07) is 10.5. The van der Waals surface area contributed by atoms with Crippen LogP contribution in [0.3, 0.4) is 0 Å². The molecule has 0 unspecified atom stereocenters. The highest BCUT2D eigenvalue weighted by Crippen LogP contribution is 2.16. The SMILES string of the molecule is CNCC1CCN(CC=Cc2ccccc2)CC1. The van der Waals surface area contributed by atoms with Crippen molar-refractivity contribution in [3.8, 4) is 0 Å². The minimum absolute atomic E-state index is 0.879. The van der Waals surface area contributed by atoms with Crippen molar-refractivity contribution in [1.82, 2.24) is 10.2 Å². The molecule has 18 heavy (non-hydrogen) atoms. The Morgan fingerprint density at radius 1 is 1.22 bits per heavy atom. The molecule has 1 aliphatic heterocycles. The second kappa shape index (κ2) is 7.34. The summed E-state index contributed by atoms with van der Waals surface area (Å²) < 4.78 is 0. The average molecular weight is 244 g/mol. The monoisotopic (exact) mass is 244 g/mol. The Morgan fingerprint density at radius 3 is 2.61 bits per heavy atom. The molecule has 0 amide bonds. The second-order valence-corrected chi connectivity index (χ2v) is 5.11. The third kappa shape index (κ3) is 4.28. The lowest BCUT2D eigenvalue weighted by molar-refractivity contribution is 0.200. The Kier molecular flexibility index (Phi) is 5.43. The zero-order chi connectivity index (χ0) is 12.6. The lowest BCUT2D eigenvalue weighted by Gasteiger charge is -2.31. The maximum absolute atomic E-state index is 3.28. The summed E-state index contributed by atoms with van der Waals surface area (Å²) >= 11 is 0. The quantitative estimate of drug-likeness (QED) is 0.856. The largest absolute Gasteiger partial charge is 0.319 e. The molecule has 0 aliphatic carbocycles. The fraction of sp³-hybridized carbons (Fsp3) is 0.500. The van der Waals surface area contributed by atoms with Gasteiger partial charge in [-0.2, -0.15) is 0 Å². The van der Waals surface area contributed by atoms with Crippen LogP contribution in [0.4, 0.5) is 0 Å². The van der Waals surface area contributed by atoms with Crippen molar-refractivity contribution in [2.45, 2.75) is 12.8 Å². The molecule has 1 N–H and O–H groups in total. The maximum atomic E-state index is 3.28. The van der Waals surface area contributed by atoms with Crippen molar-refractivity contribution < 1.29 is 0 Å². The highest BCUT2D eigenvalue weighted by atomic mass is 15.1. The van der Waals surface area contributed by atoms with E-state index in [0.29, 0.717) is 0 Å². The number of likely N-dealkylation sites (tertiary alicyclic amines) is 1. The van der Waals surface area contributed by atoms with E-state index in [1.807, 2.05) is 0 Å². The summed E-state index contributed by atoms with van der Waals surface area (Å²) in [5.74, 6) is 0.879. The summed E-state index contributed by atoms with van der Waals surface area (Å²) in [5, 5.41) is 3.28. The number of nitrogens with zero attached hydrogens (tertiary/aromatic N) is 1. The molecule has 1 aliphatic rings. The third-order valence-electron chi connectivity index (χ3n) is 3.67. The number of benzene rings is 1. The molecule has 1 aromatic carbocycles. The Labute approximate surface area is 111 Å². The zero-order valence-electron chi connectivity index (χ0n) is 11.3. The van der Waals surface area contributed by atoms with E-state index < -0.39 is 0 Å². The Bertz CT molecular complexity index is 351. The molecule has 1 fully saturated rings. The van der Waals surface area contributed by atoms with Crippen molar-refractivity contribution in [2.75, 3.05) is 33.2 Å². The van der Waals surface area contributed by atoms with Crippen LogP contribution < -0.4 is 5.32 Å². The fourth-order valence-electron chi connectivity index (χ4n) is 2.56. The van der Waals surface area contributed by atoms with E-state index in [4.69, 9.17) is 0 Å². The standard InChI is InChI=1S/C16H24N2/c1-17-14-16-9-12-18(13-10-16)11-5-8-15-6-3-2-4-7-15/h2-8,16-17H,9-14H2,1H3. The Hall–Kier alpha value is -1.12. The van der Waals surface area contributed by atoms with E-state index in [9.17, 15) is 0 Å². The van der Waals surface area contributed by atoms with Gasteiger partial charge >= 0.3 is 0 Å². The lowest BCUT2D eigenvalue weighted by Crippen LogP contribution is -2.36. The van der Waals surface area contributed by atoms with Crippen LogP contribution >= 0.6 is 0 Å². The minimum atomic E-state index is 0.879. The van der Waals surface area contributed by atoms with Crippen LogP contribution in [0.15, 0.2) is 36.4 Å². The average Bonchev–Trinajstić information content (AvgIpc) is 2.42. The Balaban J connectivity index is 1.71. The molecular formula is C16H24N2. The molecular weight excluding hydrogens is 220 g/mol. The van der Waals surface area contributed by atoms with Crippen LogP contribution in [0.1, 0.15) is 18.4 Å². The van der Waals surface area contributed by atoms with Crippen molar-refractivity contribution in [1.29, 1.82) is 0 Å². The fourth-order valence-corrected chi connectivity index (χ4v) is 2.56. The van der Waals surface area contributed by atoms with E-state index in [0.717, 1.165) is 12.5 Å². The maximum Gasteiger partial charge on any atom is 0.0166 e. The van der Waals surface area contributed by atoms with Crippen molar-refractivity contribution in [3.63, 3.8) is 0 Å². The number of hydrogen-bond acceptors (Lipinski definition) is 2. The van der Waals surface area contributed by atoms with Gasteiger partial charge in [0.15, 0.2) is 0 Å². The number of rotatable bonds is 5. The van der Waals surface area contributed by atoms with Gasteiger partial charge in [-0.15, -0.1) is 0 Å². The van der Waals surface area contributed by atoms with Crippen LogP contribution in [-0.4, -0.2) is 38.1 Å². The molecule has 0 spiro atoms. The molecule has 1 saturated heterocycles. The molecule has 2 nitrogen and oxygen atoms in total. The van der Waals surface area contributed by atoms with E-state index in [-0.39, 0.29) is 0 Å². The summed E-state index contributed by atoms with van der Waals surface area (Å²) in [4.78, 5) is 2.55. The minimum Gasteiger partial charge on any atom is -0.319 e. The first-order valence-electron chi connectivity index (χ1n) is 6.97. The van der Waals surface area contributed by atoms with Gasteiger partial charge in [0.05, 0.1) is 0 Å². The normalized spacial score (nSPS) is 18.5. The molecule has 0 saturated carbocycles. The molecule has 98 valence electrons. The summed E-state index contributed by atoms with van der Waals surface area (Å²) in [7, 11) is 2.05. The van der Waals surface area contributed by atoms with Gasteiger partial charge in [-0.3, -0.25) is 4.90 Å². The van der Waals surface area contributed by atoms with Crippen molar-refractivity contribution >= 4 is 6.08 Å². The number of nitrogens with one attached hydrogen (secondary N) is 1. The number of piperidine rings is 1. The van der Waals surface area contributed by atoms with Crippen LogP contribution in [0, 0.1) is 5.92 Å². The van der Waals surface area contributed by atoms with Crippen LogP contribution in [0.2, 0.25) is 0 Å². The lowest BCUT2D eigenvalue weighted by atomic mass is 9.97. The first-order valence-corrected chi connectivity index (χ1v) is 6.97. The third-order valence-corrected chi connectivity index (χ3v) is 3.67. The predicted octanol–water partition coefficient (Wildman–Crippen LogP) is 2.63. The molecule has 2 heteroatoms. The molecule has 1 aromatic rings. The van der Waals surface area contributed by atoms with E-state index in [1.54, 1.807) is 0 Å². The zero-order valence-corrected chi connectivity index (χ0v) is 11.3. The van der Waals surface area contributed by atoms with Crippen LogP contribution in [0.5, 0.6) is 0 Å². The summed E-state index contributed by atoms with van der Waals surface area (Å²) in [5.41, 5.74) is 1.29. The van der Waals surface area contributed by atoms with Gasteiger partial charge in [-0.25, -0.2) is 0 Å². The van der Waals surface area contributed by atoms with Crippen LogP contribution in [-0.2, 0) is 0 Å². The van der Waals surface area contributed by atoms with Crippen LogP contribution in [0.25, 0.3) is 6.08 Å². The van der Waals surface area contributed by atoms with Gasteiger partial charge in [-0.1, -0.05) is 42.5 Å². The highest BCUT2D eigenvalue weighted by molar-refractivity contribution is 5.48. The molecule has 0 aromatic heterocycles. The second-order valence-electron chi connectivity index (χ2n) is 5.11. The topological polar surface area (TPSA) is 15.3 Å². The van der Waals surface area contributed by atoms with Gasteiger partial charge in [0, 0.05) is 6.54 Å². The molecule has 2 rings (SSSR count). The van der Waals surface area contributed by atoms with Gasteiger partial charge in [0.2, 0.25) is 0 Å². The van der Waals surface area contributed by atoms with Gasteiger partial charge in [0.1, 0.15) is 0 Å². The predicted molar refractivity (Wildman–Crippen MR) is 78.6 cm³/mol. The molecule has 0 bridgehead atoms. The van der Waals surface area contributed by atoms with Gasteiger partial charge in [0.25, 0.3) is 0 Å². The van der Waals surface area contributed by atoms with E-state index >= 15 is 0 Å². The smallest absolute Gasteiger partial charge is 0.0166 e. The first-order chi connectivity index (χ1) is 8.88. The van der Waals surface area contributed by atoms with E-state index in [2.05, 4.69) is 59.7 Å². The highest BCUT2D eigenvalue weighted by Gasteiger charge is 2.17. The first kappa shape index (κ1) is 13.3. The van der Waals surface area contributed by atoms with E-state index in [1.165, 1.54) is 38.0 Å². The van der Waals surface area contributed by atoms with Crippen molar-refractivity contribution in [2.24, 2.45) is 5.92 Å². The summed E-state index contributed by atoms with van der Waals surface area (Å²) in [6.45, 7) is 4.74. The molecule has 0 atom stereocenters. The Morgan fingerprint density at radius 2 is 1.94 bits per heavy atom. The molecule has 0 radical (unpaired) electrons. The van der Waals surface area contributed by atoms with Gasteiger partial charge in [-0.05, 0) is 51.0 Å².